The van der Waals surface area contributed by atoms with Gasteiger partial charge in [-0.05, 0) is 29.7 Å². The number of rotatable bonds is 8. The third kappa shape index (κ3) is 4.82. The number of hydrogen-bond donors (Lipinski definition) is 2. The Morgan fingerprint density at radius 1 is 1.12 bits per heavy atom. The van der Waals surface area contributed by atoms with Gasteiger partial charge in [-0.3, -0.25) is 9.59 Å². The molecule has 2 fully saturated rings. The summed E-state index contributed by atoms with van der Waals surface area (Å²) in [6.45, 7) is 0. The van der Waals surface area contributed by atoms with Crippen LogP contribution in [0.2, 0.25) is 0 Å². The fourth-order valence-electron chi connectivity index (χ4n) is 4.43. The van der Waals surface area contributed by atoms with Crippen molar-refractivity contribution < 1.29 is 24.2 Å². The monoisotopic (exact) mass is 488 g/mol. The molecule has 0 spiro atoms. The molecule has 0 radical (unpaired) electrons. The fourth-order valence-corrected chi connectivity index (χ4v) is 6.72. The van der Waals surface area contributed by atoms with E-state index >= 15 is 0 Å². The number of ether oxygens (including phenoxy) is 1. The lowest BCUT2D eigenvalue weighted by Crippen LogP contribution is -2.77. The lowest BCUT2D eigenvalue weighted by Gasteiger charge is -2.56. The number of carbonyl (C=O) groups is 3. The average Bonchev–Trinajstić information content (AvgIpc) is 2.82. The van der Waals surface area contributed by atoms with Crippen molar-refractivity contribution in [2.75, 3.05) is 13.0 Å². The molecule has 0 saturated carbocycles. The molecule has 9 heteroatoms. The molecule has 33 heavy (non-hydrogen) atoms. The summed E-state index contributed by atoms with van der Waals surface area (Å²) in [6, 6.07) is 15.2. The predicted octanol–water partition coefficient (Wildman–Crippen LogP) is 2.56. The van der Waals surface area contributed by atoms with Crippen molar-refractivity contribution in [1.82, 2.24) is 10.2 Å². The first kappa shape index (κ1) is 23.4. The van der Waals surface area contributed by atoms with Crippen molar-refractivity contribution in [3.8, 4) is 5.75 Å². The van der Waals surface area contributed by atoms with Gasteiger partial charge >= 0.3 is 5.97 Å². The Hall–Kier alpha value is -2.71. The molecule has 2 aromatic carbocycles. The van der Waals surface area contributed by atoms with E-state index in [0.717, 1.165) is 11.1 Å². The highest BCUT2D eigenvalue weighted by Gasteiger charge is 2.60. The van der Waals surface area contributed by atoms with E-state index in [1.807, 2.05) is 30.3 Å². The zero-order valence-electron chi connectivity index (χ0n) is 18.0. The highest BCUT2D eigenvalue weighted by Crippen LogP contribution is 2.46. The van der Waals surface area contributed by atoms with Crippen molar-refractivity contribution >= 4 is 41.1 Å². The van der Waals surface area contributed by atoms with Gasteiger partial charge in [0.05, 0.1) is 13.5 Å². The number of aliphatic carboxylic acids is 1. The minimum Gasteiger partial charge on any atom is -0.497 e. The van der Waals surface area contributed by atoms with Crippen LogP contribution in [0.3, 0.4) is 0 Å². The molecule has 2 N–H and O–H groups in total. The summed E-state index contributed by atoms with van der Waals surface area (Å²) in [6.07, 6.45) is 0.753. The van der Waals surface area contributed by atoms with E-state index in [2.05, 4.69) is 5.32 Å². The van der Waals surface area contributed by atoms with Crippen LogP contribution in [0.5, 0.6) is 5.75 Å². The van der Waals surface area contributed by atoms with E-state index in [1.165, 1.54) is 16.7 Å². The van der Waals surface area contributed by atoms with Crippen LogP contribution in [0.25, 0.3) is 0 Å². The largest absolute Gasteiger partial charge is 0.497 e. The van der Waals surface area contributed by atoms with Crippen molar-refractivity contribution in [2.45, 2.75) is 35.5 Å². The summed E-state index contributed by atoms with van der Waals surface area (Å²) in [4.78, 5) is 39.0. The third-order valence-corrected chi connectivity index (χ3v) is 8.13. The smallest absolute Gasteiger partial charge is 0.326 e. The van der Waals surface area contributed by atoms with E-state index in [-0.39, 0.29) is 29.4 Å². The molecular weight excluding hydrogens is 464 g/mol. The normalized spacial score (nSPS) is 26.2. The van der Waals surface area contributed by atoms with Gasteiger partial charge in [-0.15, -0.1) is 23.4 Å². The van der Waals surface area contributed by atoms with E-state index in [0.29, 0.717) is 12.2 Å². The number of halogens is 1. The van der Waals surface area contributed by atoms with Gasteiger partial charge in [0.15, 0.2) is 0 Å². The molecular formula is C24H25ClN2O5S. The number of nitrogens with zero attached hydrogens (tertiary/aromatic N) is 1. The minimum atomic E-state index is -1.07. The van der Waals surface area contributed by atoms with Crippen LogP contribution in [-0.2, 0) is 27.2 Å². The number of carbonyl (C=O) groups excluding carboxylic acids is 2. The zero-order valence-corrected chi connectivity index (χ0v) is 19.6. The lowest BCUT2D eigenvalue weighted by molar-refractivity contribution is -0.165. The molecule has 2 heterocycles. The first-order valence-corrected chi connectivity index (χ1v) is 12.1. The van der Waals surface area contributed by atoms with Crippen LogP contribution in [0, 0.1) is 5.92 Å². The number of benzene rings is 2. The second-order valence-electron chi connectivity index (χ2n) is 8.17. The highest BCUT2D eigenvalue weighted by atomic mass is 35.5. The number of β-lactam (4-membered cyclic amide) rings is 1. The topological polar surface area (TPSA) is 95.9 Å². The summed E-state index contributed by atoms with van der Waals surface area (Å²) in [5.74, 6) is -1.31. The number of carboxylic acid groups (broad SMARTS) is 1. The Labute approximate surface area is 201 Å². The molecule has 2 aliphatic rings. The van der Waals surface area contributed by atoms with Gasteiger partial charge in [0, 0.05) is 17.0 Å². The molecule has 4 unspecified atom stereocenters. The van der Waals surface area contributed by atoms with Gasteiger partial charge in [0.1, 0.15) is 23.2 Å². The van der Waals surface area contributed by atoms with Crippen LogP contribution >= 0.6 is 23.4 Å². The molecule has 7 nitrogen and oxygen atoms in total. The Bertz CT molecular complexity index is 1020. The van der Waals surface area contributed by atoms with Crippen molar-refractivity contribution in [1.29, 1.82) is 0 Å². The quantitative estimate of drug-likeness (QED) is 0.438. The van der Waals surface area contributed by atoms with Gasteiger partial charge in [-0.1, -0.05) is 42.5 Å². The Kier molecular flexibility index (Phi) is 7.14. The van der Waals surface area contributed by atoms with E-state index in [9.17, 15) is 19.5 Å². The molecule has 2 aliphatic heterocycles. The number of amides is 2. The second kappa shape index (κ2) is 10.1. The van der Waals surface area contributed by atoms with E-state index in [1.54, 1.807) is 31.4 Å². The number of hydrogen-bond acceptors (Lipinski definition) is 5. The van der Waals surface area contributed by atoms with Crippen molar-refractivity contribution in [2.24, 2.45) is 5.92 Å². The number of carboxylic acids is 1. The maximum atomic E-state index is 12.9. The fraction of sp³-hybridized carbons (Fsp3) is 0.375. The summed E-state index contributed by atoms with van der Waals surface area (Å²) >= 11 is 7.73. The van der Waals surface area contributed by atoms with Crippen LogP contribution in [0.4, 0.5) is 0 Å². The number of nitrogens with one attached hydrogen (secondary N) is 1. The highest BCUT2D eigenvalue weighted by molar-refractivity contribution is 8.00. The Morgan fingerprint density at radius 3 is 2.42 bits per heavy atom. The Balaban J connectivity index is 1.48. The summed E-state index contributed by atoms with van der Waals surface area (Å²) < 4.78 is 5.13. The van der Waals surface area contributed by atoms with Crippen molar-refractivity contribution in [3.05, 3.63) is 65.7 Å². The van der Waals surface area contributed by atoms with Crippen LogP contribution < -0.4 is 10.1 Å². The van der Waals surface area contributed by atoms with Crippen molar-refractivity contribution in [3.63, 3.8) is 0 Å². The van der Waals surface area contributed by atoms with Crippen LogP contribution in [0.1, 0.15) is 11.1 Å². The number of thioether (sulfide) groups is 1. The molecule has 2 amide bonds. The molecule has 4 rings (SSSR count). The molecule has 2 aromatic rings. The zero-order chi connectivity index (χ0) is 23.5. The van der Waals surface area contributed by atoms with Gasteiger partial charge in [-0.25, -0.2) is 4.79 Å². The standard InChI is InChI=1S/C24H25ClN2O5S/c1-32-16-9-7-15(8-10-16)12-19(28)26-20-22(29)27-21(24(30)31)17(13-25)18(33-23(20)27)11-14-5-3-2-4-6-14/h2-10,17-18,20-21,23H,11-13H2,1H3,(H,26,28)(H,30,31)/t17?,18?,20?,21?,23-/m1/s1. The molecule has 2 saturated heterocycles. The summed E-state index contributed by atoms with van der Waals surface area (Å²) in [5, 5.41) is 12.2. The SMILES string of the molecule is COc1ccc(CC(=O)NC2C(=O)N3C(C(=O)O)C(CCl)C(Cc4ccccc4)S[C@H]23)cc1. The van der Waals surface area contributed by atoms with Gasteiger partial charge in [0.2, 0.25) is 11.8 Å². The number of methoxy groups -OCH3 is 1. The molecule has 0 aromatic heterocycles. The van der Waals surface area contributed by atoms with Gasteiger partial charge < -0.3 is 20.1 Å². The average molecular weight is 489 g/mol. The third-order valence-electron chi connectivity index (χ3n) is 6.13. The van der Waals surface area contributed by atoms with Crippen LogP contribution in [0.15, 0.2) is 54.6 Å². The second-order valence-corrected chi connectivity index (χ2v) is 9.84. The maximum Gasteiger partial charge on any atom is 0.326 e. The van der Waals surface area contributed by atoms with Gasteiger partial charge in [0.25, 0.3) is 0 Å². The molecule has 5 atom stereocenters. The minimum absolute atomic E-state index is 0.0960. The van der Waals surface area contributed by atoms with Crippen LogP contribution in [-0.4, -0.2) is 63.5 Å². The summed E-state index contributed by atoms with van der Waals surface area (Å²) in [5.41, 5.74) is 1.87. The lowest BCUT2D eigenvalue weighted by atomic mass is 9.88. The summed E-state index contributed by atoms with van der Waals surface area (Å²) in [7, 11) is 1.57. The van der Waals surface area contributed by atoms with Gasteiger partial charge in [-0.2, -0.15) is 0 Å². The molecule has 0 bridgehead atoms. The van der Waals surface area contributed by atoms with E-state index < -0.39 is 29.3 Å². The number of fused-ring (bicyclic) bond motifs is 1. The molecule has 174 valence electrons. The number of alkyl halides is 1. The maximum absolute atomic E-state index is 12.9. The predicted molar refractivity (Wildman–Crippen MR) is 126 cm³/mol. The first-order chi connectivity index (χ1) is 15.9. The Morgan fingerprint density at radius 2 is 1.82 bits per heavy atom. The first-order valence-electron chi connectivity index (χ1n) is 10.7. The van der Waals surface area contributed by atoms with E-state index in [4.69, 9.17) is 16.3 Å². The molecule has 0 aliphatic carbocycles.